The Morgan fingerprint density at radius 2 is 1.82 bits per heavy atom. The summed E-state index contributed by atoms with van der Waals surface area (Å²) in [6.45, 7) is 1.78. The molecular formula is C19H28N2O6S. The van der Waals surface area contributed by atoms with Crippen molar-refractivity contribution in [3.8, 4) is 5.75 Å². The first-order chi connectivity index (χ1) is 13.1. The van der Waals surface area contributed by atoms with Gasteiger partial charge in [0.2, 0.25) is 10.0 Å². The van der Waals surface area contributed by atoms with E-state index in [0.717, 1.165) is 30.0 Å². The lowest BCUT2D eigenvalue weighted by Gasteiger charge is -2.26. The number of benzene rings is 1. The van der Waals surface area contributed by atoms with Gasteiger partial charge in [-0.15, -0.1) is 0 Å². The van der Waals surface area contributed by atoms with Crippen molar-refractivity contribution in [1.82, 2.24) is 9.62 Å². The van der Waals surface area contributed by atoms with Crippen LogP contribution in [-0.4, -0.2) is 58.5 Å². The van der Waals surface area contributed by atoms with Crippen molar-refractivity contribution in [3.05, 3.63) is 23.8 Å². The smallest absolute Gasteiger partial charge is 0.338 e. The molecule has 0 atom stereocenters. The molecule has 1 aliphatic rings. The zero-order chi connectivity index (χ0) is 20.9. The lowest BCUT2D eigenvalue weighted by molar-refractivity contribution is -0.125. The van der Waals surface area contributed by atoms with Gasteiger partial charge in [0.15, 0.2) is 6.61 Å². The fourth-order valence-corrected chi connectivity index (χ4v) is 4.17. The van der Waals surface area contributed by atoms with Crippen LogP contribution in [-0.2, 0) is 19.6 Å². The van der Waals surface area contributed by atoms with E-state index in [1.54, 1.807) is 0 Å². The number of hydrogen-bond acceptors (Lipinski definition) is 6. The van der Waals surface area contributed by atoms with Gasteiger partial charge in [0.25, 0.3) is 5.91 Å². The first-order valence-electron chi connectivity index (χ1n) is 9.22. The fourth-order valence-electron chi connectivity index (χ4n) is 3.09. The minimum absolute atomic E-state index is 0.0283. The molecule has 0 heterocycles. The van der Waals surface area contributed by atoms with Crippen LogP contribution in [0, 0.1) is 5.92 Å². The van der Waals surface area contributed by atoms with E-state index >= 15 is 0 Å². The van der Waals surface area contributed by atoms with Crippen molar-refractivity contribution in [2.45, 2.75) is 43.5 Å². The van der Waals surface area contributed by atoms with E-state index in [2.05, 4.69) is 12.2 Å². The molecule has 1 saturated carbocycles. The molecule has 0 bridgehead atoms. The molecule has 0 aliphatic heterocycles. The summed E-state index contributed by atoms with van der Waals surface area (Å²) in [5.41, 5.74) is 0.0283. The van der Waals surface area contributed by atoms with Gasteiger partial charge in [-0.1, -0.05) is 6.92 Å². The summed E-state index contributed by atoms with van der Waals surface area (Å²) in [6.07, 6.45) is 3.98. The van der Waals surface area contributed by atoms with Gasteiger partial charge < -0.3 is 14.8 Å². The van der Waals surface area contributed by atoms with Crippen molar-refractivity contribution in [3.63, 3.8) is 0 Å². The third-order valence-corrected chi connectivity index (χ3v) is 6.71. The highest BCUT2D eigenvalue weighted by molar-refractivity contribution is 7.89. The molecule has 156 valence electrons. The molecule has 1 fully saturated rings. The zero-order valence-electron chi connectivity index (χ0n) is 16.7. The number of ether oxygens (including phenoxy) is 2. The van der Waals surface area contributed by atoms with Crippen LogP contribution in [0.25, 0.3) is 0 Å². The second kappa shape index (κ2) is 9.38. The quantitative estimate of drug-likeness (QED) is 0.685. The number of nitrogens with zero attached hydrogens (tertiary/aromatic N) is 1. The molecule has 0 radical (unpaired) electrons. The number of carbonyl (C=O) groups excluding carboxylic acids is 2. The first kappa shape index (κ1) is 22.2. The maximum atomic E-state index is 12.4. The average molecular weight is 413 g/mol. The third kappa shape index (κ3) is 5.45. The van der Waals surface area contributed by atoms with E-state index in [4.69, 9.17) is 9.47 Å². The van der Waals surface area contributed by atoms with Crippen molar-refractivity contribution in [1.29, 1.82) is 0 Å². The number of nitrogens with one attached hydrogen (secondary N) is 1. The summed E-state index contributed by atoms with van der Waals surface area (Å²) >= 11 is 0. The molecule has 2 rings (SSSR count). The topological polar surface area (TPSA) is 102 Å². The van der Waals surface area contributed by atoms with Crippen LogP contribution < -0.4 is 10.1 Å². The third-order valence-electron chi connectivity index (χ3n) is 4.87. The van der Waals surface area contributed by atoms with Crippen molar-refractivity contribution in [2.24, 2.45) is 5.92 Å². The molecule has 0 unspecified atom stereocenters. The predicted octanol–water partition coefficient (Wildman–Crippen LogP) is 1.80. The molecule has 1 N–H and O–H groups in total. The van der Waals surface area contributed by atoms with Gasteiger partial charge >= 0.3 is 5.97 Å². The van der Waals surface area contributed by atoms with E-state index in [-0.39, 0.29) is 28.2 Å². The number of amides is 1. The van der Waals surface area contributed by atoms with Crippen LogP contribution in [0.4, 0.5) is 0 Å². The number of esters is 1. The summed E-state index contributed by atoms with van der Waals surface area (Å²) in [6, 6.07) is 4.09. The van der Waals surface area contributed by atoms with Crippen molar-refractivity contribution >= 4 is 21.9 Å². The molecule has 0 spiro atoms. The molecular weight excluding hydrogens is 384 g/mol. The van der Waals surface area contributed by atoms with E-state index in [1.807, 2.05) is 0 Å². The molecule has 1 amide bonds. The standard InChI is InChI=1S/C19H28N2O6S/c1-13-5-8-15(9-6-13)20-18(22)12-27-19(23)14-7-10-16(26-4)17(11-14)28(24,25)21(2)3/h7,10-11,13,15H,5-6,8-9,12H2,1-4H3,(H,20,22). The Morgan fingerprint density at radius 3 is 2.39 bits per heavy atom. The van der Waals surface area contributed by atoms with Gasteiger partial charge in [0.05, 0.1) is 12.7 Å². The Morgan fingerprint density at radius 1 is 1.18 bits per heavy atom. The SMILES string of the molecule is COc1ccc(C(=O)OCC(=O)NC2CCC(C)CC2)cc1S(=O)(=O)N(C)C. The molecule has 9 heteroatoms. The molecule has 28 heavy (non-hydrogen) atoms. The second-order valence-electron chi connectivity index (χ2n) is 7.25. The number of sulfonamides is 1. The Labute approximate surface area is 166 Å². The Hall–Kier alpha value is -2.13. The Bertz CT molecular complexity index is 814. The number of methoxy groups -OCH3 is 1. The zero-order valence-corrected chi connectivity index (χ0v) is 17.5. The maximum Gasteiger partial charge on any atom is 0.338 e. The monoisotopic (exact) mass is 412 g/mol. The van der Waals surface area contributed by atoms with Gasteiger partial charge in [0, 0.05) is 20.1 Å². The van der Waals surface area contributed by atoms with Crippen LogP contribution >= 0.6 is 0 Å². The van der Waals surface area contributed by atoms with Crippen LogP contribution in [0.5, 0.6) is 5.75 Å². The van der Waals surface area contributed by atoms with E-state index in [0.29, 0.717) is 5.92 Å². The highest BCUT2D eigenvalue weighted by atomic mass is 32.2. The van der Waals surface area contributed by atoms with Gasteiger partial charge in [-0.3, -0.25) is 4.79 Å². The van der Waals surface area contributed by atoms with Crippen LogP contribution in [0.15, 0.2) is 23.1 Å². The van der Waals surface area contributed by atoms with E-state index in [1.165, 1.54) is 39.4 Å². The summed E-state index contributed by atoms with van der Waals surface area (Å²) in [5.74, 6) is -0.337. The molecule has 0 aromatic heterocycles. The van der Waals surface area contributed by atoms with E-state index in [9.17, 15) is 18.0 Å². The summed E-state index contributed by atoms with van der Waals surface area (Å²) in [5, 5.41) is 2.88. The Balaban J connectivity index is 2.01. The van der Waals surface area contributed by atoms with Gasteiger partial charge in [-0.2, -0.15) is 0 Å². The van der Waals surface area contributed by atoms with Crippen molar-refractivity contribution in [2.75, 3.05) is 27.8 Å². The minimum atomic E-state index is -3.81. The van der Waals surface area contributed by atoms with Gasteiger partial charge in [0.1, 0.15) is 10.6 Å². The summed E-state index contributed by atoms with van der Waals surface area (Å²) in [4.78, 5) is 24.2. The molecule has 8 nitrogen and oxygen atoms in total. The van der Waals surface area contributed by atoms with Crippen LogP contribution in [0.1, 0.15) is 43.0 Å². The predicted molar refractivity (Wildman–Crippen MR) is 104 cm³/mol. The van der Waals surface area contributed by atoms with E-state index < -0.39 is 22.6 Å². The van der Waals surface area contributed by atoms with Gasteiger partial charge in [-0.05, 0) is 49.8 Å². The van der Waals surface area contributed by atoms with Crippen molar-refractivity contribution < 1.29 is 27.5 Å². The lowest BCUT2D eigenvalue weighted by Crippen LogP contribution is -2.39. The van der Waals surface area contributed by atoms with Crippen LogP contribution in [0.2, 0.25) is 0 Å². The molecule has 0 saturated heterocycles. The molecule has 1 aromatic carbocycles. The molecule has 1 aliphatic carbocycles. The highest BCUT2D eigenvalue weighted by Crippen LogP contribution is 2.27. The normalized spacial score (nSPS) is 19.9. The second-order valence-corrected chi connectivity index (χ2v) is 9.37. The number of rotatable bonds is 7. The maximum absolute atomic E-state index is 12.4. The summed E-state index contributed by atoms with van der Waals surface area (Å²) < 4.78 is 36.0. The average Bonchev–Trinajstić information content (AvgIpc) is 2.67. The highest BCUT2D eigenvalue weighted by Gasteiger charge is 2.25. The number of carbonyl (C=O) groups is 2. The fraction of sp³-hybridized carbons (Fsp3) is 0.579. The van der Waals surface area contributed by atoms with Crippen LogP contribution in [0.3, 0.4) is 0 Å². The van der Waals surface area contributed by atoms with Gasteiger partial charge in [-0.25, -0.2) is 17.5 Å². The summed E-state index contributed by atoms with van der Waals surface area (Å²) in [7, 11) is 0.306. The lowest BCUT2D eigenvalue weighted by atomic mass is 9.87. The first-order valence-corrected chi connectivity index (χ1v) is 10.7. The number of hydrogen-bond donors (Lipinski definition) is 1. The Kier molecular flexibility index (Phi) is 7.42. The largest absolute Gasteiger partial charge is 0.495 e. The molecule has 1 aromatic rings. The minimum Gasteiger partial charge on any atom is -0.495 e.